The number of amides is 1. The van der Waals surface area contributed by atoms with Crippen molar-refractivity contribution in [1.82, 2.24) is 14.7 Å². The molecule has 2 saturated heterocycles. The molecule has 3 fully saturated rings. The largest absolute Gasteiger partial charge is 0.372 e. The van der Waals surface area contributed by atoms with Crippen molar-refractivity contribution in [2.24, 2.45) is 11.8 Å². The minimum Gasteiger partial charge on any atom is -0.372 e. The van der Waals surface area contributed by atoms with Gasteiger partial charge in [0.1, 0.15) is 0 Å². The Bertz CT molecular complexity index is 733. The van der Waals surface area contributed by atoms with Crippen LogP contribution in [0.15, 0.2) is 22.9 Å². The maximum Gasteiger partial charge on any atom is 0.222 e. The van der Waals surface area contributed by atoms with E-state index in [9.17, 15) is 4.79 Å². The minimum atomic E-state index is 0.248. The van der Waals surface area contributed by atoms with Crippen molar-refractivity contribution in [1.29, 1.82) is 5.26 Å². The fourth-order valence-electron chi connectivity index (χ4n) is 5.99. The van der Waals surface area contributed by atoms with Crippen LogP contribution in [0.25, 0.3) is 0 Å². The smallest absolute Gasteiger partial charge is 0.222 e. The first-order chi connectivity index (χ1) is 15.1. The molecule has 0 radical (unpaired) electrons. The lowest BCUT2D eigenvalue weighted by atomic mass is 9.89. The summed E-state index contributed by atoms with van der Waals surface area (Å²) in [4.78, 5) is 19.6. The number of hydrogen-bond donors (Lipinski definition) is 0. The molecule has 5 heteroatoms. The SMILES string of the molecule is CC1C=C2CCCC2=C(N2CCN(CCC3CCN(C(=O)CCCC#N)CC3)CC2)C1. The molecule has 1 amide bonds. The van der Waals surface area contributed by atoms with Gasteiger partial charge in [0.05, 0.1) is 6.07 Å². The van der Waals surface area contributed by atoms with E-state index >= 15 is 0 Å². The molecule has 0 aromatic carbocycles. The summed E-state index contributed by atoms with van der Waals surface area (Å²) >= 11 is 0. The first-order valence-electron chi connectivity index (χ1n) is 12.7. The van der Waals surface area contributed by atoms with Gasteiger partial charge in [0.15, 0.2) is 0 Å². The van der Waals surface area contributed by atoms with Gasteiger partial charge in [-0.15, -0.1) is 0 Å². The summed E-state index contributed by atoms with van der Waals surface area (Å²) in [5.74, 6) is 1.71. The van der Waals surface area contributed by atoms with Gasteiger partial charge >= 0.3 is 0 Å². The predicted molar refractivity (Wildman–Crippen MR) is 124 cm³/mol. The number of rotatable bonds is 7. The highest BCUT2D eigenvalue weighted by atomic mass is 16.2. The van der Waals surface area contributed by atoms with Crippen LogP contribution in [0.4, 0.5) is 0 Å². The van der Waals surface area contributed by atoms with Gasteiger partial charge in [-0.2, -0.15) is 5.26 Å². The van der Waals surface area contributed by atoms with Crippen LogP contribution in [0, 0.1) is 23.2 Å². The number of hydrogen-bond acceptors (Lipinski definition) is 4. The van der Waals surface area contributed by atoms with Crippen molar-refractivity contribution in [3.05, 3.63) is 22.9 Å². The number of nitrogens with zero attached hydrogens (tertiary/aromatic N) is 4. The lowest BCUT2D eigenvalue weighted by molar-refractivity contribution is -0.132. The van der Waals surface area contributed by atoms with Crippen LogP contribution in [-0.4, -0.2) is 66.4 Å². The Morgan fingerprint density at radius 1 is 1.13 bits per heavy atom. The molecular weight excluding hydrogens is 384 g/mol. The highest BCUT2D eigenvalue weighted by molar-refractivity contribution is 5.76. The minimum absolute atomic E-state index is 0.248. The molecule has 170 valence electrons. The number of unbranched alkanes of at least 4 members (excludes halogenated alkanes) is 1. The summed E-state index contributed by atoms with van der Waals surface area (Å²) in [6.45, 7) is 10.2. The van der Waals surface area contributed by atoms with Gasteiger partial charge in [-0.25, -0.2) is 0 Å². The van der Waals surface area contributed by atoms with E-state index in [2.05, 4.69) is 28.9 Å². The van der Waals surface area contributed by atoms with E-state index in [1.165, 1.54) is 64.8 Å². The van der Waals surface area contributed by atoms with E-state index in [0.717, 1.165) is 31.8 Å². The zero-order chi connectivity index (χ0) is 21.6. The molecule has 2 aliphatic carbocycles. The maximum absolute atomic E-state index is 12.2. The van der Waals surface area contributed by atoms with Crippen molar-refractivity contribution in [2.75, 3.05) is 45.8 Å². The molecule has 1 atom stereocenters. The van der Waals surface area contributed by atoms with Crippen molar-refractivity contribution >= 4 is 5.91 Å². The molecule has 0 aromatic rings. The van der Waals surface area contributed by atoms with Crippen LogP contribution in [0.5, 0.6) is 0 Å². The molecule has 5 nitrogen and oxygen atoms in total. The Kier molecular flexibility index (Phi) is 7.72. The topological polar surface area (TPSA) is 50.6 Å². The van der Waals surface area contributed by atoms with Crippen LogP contribution >= 0.6 is 0 Å². The molecule has 0 aromatic heterocycles. The van der Waals surface area contributed by atoms with Crippen molar-refractivity contribution in [2.45, 2.75) is 71.1 Å². The van der Waals surface area contributed by atoms with Crippen LogP contribution in [0.3, 0.4) is 0 Å². The molecule has 0 bridgehead atoms. The lowest BCUT2D eigenvalue weighted by Gasteiger charge is -2.40. The molecule has 4 rings (SSSR count). The number of allylic oxidation sites excluding steroid dienone is 4. The van der Waals surface area contributed by atoms with Gasteiger partial charge in [0.2, 0.25) is 5.91 Å². The van der Waals surface area contributed by atoms with E-state index in [4.69, 9.17) is 5.26 Å². The quantitative estimate of drug-likeness (QED) is 0.571. The van der Waals surface area contributed by atoms with Crippen molar-refractivity contribution in [3.8, 4) is 6.07 Å². The average molecular weight is 425 g/mol. The maximum atomic E-state index is 12.2. The summed E-state index contributed by atoms with van der Waals surface area (Å²) in [6.07, 6.45) is 13.0. The molecule has 1 saturated carbocycles. The monoisotopic (exact) mass is 424 g/mol. The zero-order valence-corrected chi connectivity index (χ0v) is 19.4. The predicted octanol–water partition coefficient (Wildman–Crippen LogP) is 4.33. The molecule has 0 N–H and O–H groups in total. The Hall–Kier alpha value is -1.80. The standard InChI is InChI=1S/C26H40N4O/c1-21-19-23-5-4-6-24(23)25(20-21)29-17-15-28(16-18-29)12-8-22-9-13-30(14-10-22)26(31)7-2-3-11-27/h19,21-22H,2-10,12-18,20H2,1H3. The van der Waals surface area contributed by atoms with Gasteiger partial charge in [0.25, 0.3) is 0 Å². The summed E-state index contributed by atoms with van der Waals surface area (Å²) < 4.78 is 0. The van der Waals surface area contributed by atoms with E-state index in [-0.39, 0.29) is 5.91 Å². The molecule has 4 aliphatic rings. The van der Waals surface area contributed by atoms with Crippen LogP contribution in [-0.2, 0) is 4.79 Å². The second-order valence-corrected chi connectivity index (χ2v) is 10.1. The third-order valence-corrected chi connectivity index (χ3v) is 7.86. The number of piperazine rings is 1. The fraction of sp³-hybridized carbons (Fsp3) is 0.769. The summed E-state index contributed by atoms with van der Waals surface area (Å²) in [5.41, 5.74) is 5.03. The van der Waals surface area contributed by atoms with Crippen LogP contribution < -0.4 is 0 Å². The number of carbonyl (C=O) groups is 1. The van der Waals surface area contributed by atoms with Crippen molar-refractivity contribution in [3.63, 3.8) is 0 Å². The normalized spacial score (nSPS) is 25.4. The first-order valence-corrected chi connectivity index (χ1v) is 12.7. The lowest BCUT2D eigenvalue weighted by Crippen LogP contribution is -2.47. The van der Waals surface area contributed by atoms with E-state index in [0.29, 0.717) is 25.2 Å². The molecular formula is C26H40N4O. The van der Waals surface area contributed by atoms with Gasteiger partial charge in [-0.1, -0.05) is 13.0 Å². The highest BCUT2D eigenvalue weighted by Gasteiger charge is 2.29. The molecule has 2 aliphatic heterocycles. The number of nitriles is 1. The highest BCUT2D eigenvalue weighted by Crippen LogP contribution is 2.41. The third-order valence-electron chi connectivity index (χ3n) is 7.86. The summed E-state index contributed by atoms with van der Waals surface area (Å²) in [6, 6.07) is 2.13. The van der Waals surface area contributed by atoms with Crippen molar-refractivity contribution < 1.29 is 4.79 Å². The summed E-state index contributed by atoms with van der Waals surface area (Å²) in [7, 11) is 0. The molecule has 0 spiro atoms. The number of likely N-dealkylation sites (tertiary alicyclic amines) is 1. The molecule has 1 unspecified atom stereocenters. The van der Waals surface area contributed by atoms with Crippen LogP contribution in [0.1, 0.15) is 71.1 Å². The Balaban J connectivity index is 1.16. The van der Waals surface area contributed by atoms with Gasteiger partial charge in [-0.3, -0.25) is 9.69 Å². The Labute approximate surface area is 188 Å². The Morgan fingerprint density at radius 2 is 1.90 bits per heavy atom. The van der Waals surface area contributed by atoms with E-state index in [1.54, 1.807) is 16.8 Å². The third kappa shape index (κ3) is 5.71. The van der Waals surface area contributed by atoms with Crippen LogP contribution in [0.2, 0.25) is 0 Å². The van der Waals surface area contributed by atoms with Gasteiger partial charge in [0, 0.05) is 57.8 Å². The number of piperidine rings is 1. The summed E-state index contributed by atoms with van der Waals surface area (Å²) in [5, 5.41) is 8.63. The van der Waals surface area contributed by atoms with E-state index < -0.39 is 0 Å². The Morgan fingerprint density at radius 3 is 2.65 bits per heavy atom. The second kappa shape index (κ2) is 10.7. The number of carbonyl (C=O) groups excluding carboxylic acids is 1. The molecule has 2 heterocycles. The first kappa shape index (κ1) is 22.4. The average Bonchev–Trinajstić information content (AvgIpc) is 3.26. The van der Waals surface area contributed by atoms with Gasteiger partial charge < -0.3 is 9.80 Å². The van der Waals surface area contributed by atoms with E-state index in [1.807, 2.05) is 4.90 Å². The van der Waals surface area contributed by atoms with Gasteiger partial charge in [-0.05, 0) is 80.9 Å². The zero-order valence-electron chi connectivity index (χ0n) is 19.4. The second-order valence-electron chi connectivity index (χ2n) is 10.1. The molecule has 31 heavy (non-hydrogen) atoms. The fourth-order valence-corrected chi connectivity index (χ4v) is 5.99. The number of fused-ring (bicyclic) bond motifs is 1.